The number of hydrogen-bond donors (Lipinski definition) is 2. The number of alkyl halides is 3. The highest BCUT2D eigenvalue weighted by molar-refractivity contribution is 5.87. The molecule has 4 nitrogen and oxygen atoms in total. The lowest BCUT2D eigenvalue weighted by Crippen LogP contribution is -2.15. The second-order valence-electron chi connectivity index (χ2n) is 10.4. The number of aryl methyl sites for hydroxylation is 1. The molecule has 192 valence electrons. The van der Waals surface area contributed by atoms with Gasteiger partial charge in [-0.15, -0.1) is 0 Å². The molecule has 0 bridgehead atoms. The van der Waals surface area contributed by atoms with E-state index in [2.05, 4.69) is 11.9 Å². The summed E-state index contributed by atoms with van der Waals surface area (Å²) < 4.78 is 48.1. The van der Waals surface area contributed by atoms with Gasteiger partial charge < -0.3 is 14.8 Å². The molecule has 1 saturated carbocycles. The minimum atomic E-state index is -4.40. The summed E-state index contributed by atoms with van der Waals surface area (Å²) in [6, 6.07) is 10.3. The first kappa shape index (κ1) is 24.7. The average Bonchev–Trinajstić information content (AvgIpc) is 3.53. The first-order valence-electron chi connectivity index (χ1n) is 12.9. The molecule has 3 unspecified atom stereocenters. The van der Waals surface area contributed by atoms with Crippen LogP contribution in [0, 0.1) is 5.92 Å². The second kappa shape index (κ2) is 9.83. The van der Waals surface area contributed by atoms with Gasteiger partial charge in [-0.3, -0.25) is 4.79 Å². The predicted molar refractivity (Wildman–Crippen MR) is 132 cm³/mol. The maximum atomic E-state index is 14.1. The summed E-state index contributed by atoms with van der Waals surface area (Å²) in [6.45, 7) is 2.14. The fourth-order valence-electron chi connectivity index (χ4n) is 6.42. The van der Waals surface area contributed by atoms with Gasteiger partial charge in [-0.2, -0.15) is 13.2 Å². The fourth-order valence-corrected chi connectivity index (χ4v) is 6.42. The molecule has 2 N–H and O–H groups in total. The molecule has 5 rings (SSSR count). The third kappa shape index (κ3) is 4.84. The van der Waals surface area contributed by atoms with Gasteiger partial charge in [0, 0.05) is 22.5 Å². The molecule has 0 radical (unpaired) electrons. The number of H-pyrrole nitrogens is 1. The SMILES string of the molecule is CCCC1CCCC1c1ccc(COc2ccc3[nH]c4c(c3c2)CCC4CC(=O)O)cc1C(F)(F)F. The van der Waals surface area contributed by atoms with Crippen LogP contribution in [0.25, 0.3) is 10.9 Å². The summed E-state index contributed by atoms with van der Waals surface area (Å²) in [5.41, 5.74) is 3.41. The van der Waals surface area contributed by atoms with Crippen molar-refractivity contribution in [3.63, 3.8) is 0 Å². The number of fused-ring (bicyclic) bond motifs is 3. The Bertz CT molecular complexity index is 1260. The van der Waals surface area contributed by atoms with Gasteiger partial charge in [-0.25, -0.2) is 0 Å². The van der Waals surface area contributed by atoms with Crippen molar-refractivity contribution in [1.82, 2.24) is 4.98 Å². The molecule has 2 aliphatic rings. The van der Waals surface area contributed by atoms with Gasteiger partial charge in [0.2, 0.25) is 0 Å². The summed E-state index contributed by atoms with van der Waals surface area (Å²) >= 11 is 0. The number of nitrogens with one attached hydrogen (secondary N) is 1. The molecule has 1 fully saturated rings. The number of carbonyl (C=O) groups is 1. The topological polar surface area (TPSA) is 62.3 Å². The van der Waals surface area contributed by atoms with Gasteiger partial charge >= 0.3 is 12.1 Å². The quantitative estimate of drug-likeness (QED) is 0.331. The summed E-state index contributed by atoms with van der Waals surface area (Å²) in [7, 11) is 0. The van der Waals surface area contributed by atoms with Crippen molar-refractivity contribution >= 4 is 16.9 Å². The van der Waals surface area contributed by atoms with Gasteiger partial charge in [-0.05, 0) is 78.5 Å². The van der Waals surface area contributed by atoms with Crippen LogP contribution >= 0.6 is 0 Å². The van der Waals surface area contributed by atoms with Crippen LogP contribution in [0.5, 0.6) is 5.75 Å². The number of benzene rings is 2. The number of rotatable bonds is 8. The van der Waals surface area contributed by atoms with Crippen molar-refractivity contribution in [2.24, 2.45) is 5.92 Å². The normalized spacial score (nSPS) is 21.7. The summed E-state index contributed by atoms with van der Waals surface area (Å²) in [4.78, 5) is 14.5. The van der Waals surface area contributed by atoms with E-state index >= 15 is 0 Å². The largest absolute Gasteiger partial charge is 0.489 e. The third-order valence-corrected chi connectivity index (χ3v) is 8.03. The first-order chi connectivity index (χ1) is 17.2. The molecule has 7 heteroatoms. The molecule has 3 atom stereocenters. The zero-order valence-corrected chi connectivity index (χ0v) is 20.5. The van der Waals surface area contributed by atoms with Crippen molar-refractivity contribution < 1.29 is 27.8 Å². The van der Waals surface area contributed by atoms with Crippen molar-refractivity contribution in [3.8, 4) is 5.75 Å². The lowest BCUT2D eigenvalue weighted by atomic mass is 9.83. The molecular formula is C29H32F3NO3. The van der Waals surface area contributed by atoms with Crippen LogP contribution in [0.1, 0.15) is 91.7 Å². The lowest BCUT2D eigenvalue weighted by molar-refractivity contribution is -0.139. The Labute approximate surface area is 208 Å². The maximum Gasteiger partial charge on any atom is 0.416 e. The number of aromatic amines is 1. The number of hydrogen-bond acceptors (Lipinski definition) is 2. The zero-order valence-electron chi connectivity index (χ0n) is 20.5. The lowest BCUT2D eigenvalue weighted by Gasteiger charge is -2.24. The monoisotopic (exact) mass is 499 g/mol. The molecule has 0 saturated heterocycles. The number of aliphatic carboxylic acids is 1. The predicted octanol–water partition coefficient (Wildman–Crippen LogP) is 7.95. The Kier molecular flexibility index (Phi) is 6.75. The van der Waals surface area contributed by atoms with Crippen molar-refractivity contribution in [2.45, 2.75) is 82.9 Å². The Hall–Kier alpha value is -2.96. The van der Waals surface area contributed by atoms with Crippen molar-refractivity contribution in [2.75, 3.05) is 0 Å². The minimum Gasteiger partial charge on any atom is -0.489 e. The average molecular weight is 500 g/mol. The Morgan fingerprint density at radius 2 is 1.97 bits per heavy atom. The summed E-state index contributed by atoms with van der Waals surface area (Å²) in [5.74, 6) is 0.0454. The molecule has 0 spiro atoms. The van der Waals surface area contributed by atoms with E-state index in [1.165, 1.54) is 6.07 Å². The molecular weight excluding hydrogens is 467 g/mol. The summed E-state index contributed by atoms with van der Waals surface area (Å²) in [5, 5.41) is 10.2. The highest BCUT2D eigenvalue weighted by Crippen LogP contribution is 2.46. The van der Waals surface area contributed by atoms with Crippen LogP contribution in [-0.4, -0.2) is 16.1 Å². The minimum absolute atomic E-state index is 0.0228. The van der Waals surface area contributed by atoms with Crippen molar-refractivity contribution in [1.29, 1.82) is 0 Å². The molecule has 3 aromatic rings. The van der Waals surface area contributed by atoms with Crippen molar-refractivity contribution in [3.05, 3.63) is 64.3 Å². The van der Waals surface area contributed by atoms with Gasteiger partial charge in [-0.1, -0.05) is 38.3 Å². The molecule has 0 aliphatic heterocycles. The molecule has 2 aliphatic carbocycles. The van der Waals surface area contributed by atoms with E-state index in [9.17, 15) is 23.1 Å². The molecule has 36 heavy (non-hydrogen) atoms. The van der Waals surface area contributed by atoms with E-state index in [1.807, 2.05) is 12.1 Å². The van der Waals surface area contributed by atoms with Gasteiger partial charge in [0.25, 0.3) is 0 Å². The maximum absolute atomic E-state index is 14.1. The van der Waals surface area contributed by atoms with Crippen LogP contribution < -0.4 is 4.74 Å². The van der Waals surface area contributed by atoms with Crippen LogP contribution in [0.2, 0.25) is 0 Å². The van der Waals surface area contributed by atoms with E-state index in [-0.39, 0.29) is 24.9 Å². The number of halogens is 3. The second-order valence-corrected chi connectivity index (χ2v) is 10.4. The van der Waals surface area contributed by atoms with Gasteiger partial charge in [0.1, 0.15) is 12.4 Å². The Morgan fingerprint density at radius 1 is 1.14 bits per heavy atom. The van der Waals surface area contributed by atoms with Crippen LogP contribution in [-0.2, 0) is 24.0 Å². The first-order valence-corrected chi connectivity index (χ1v) is 12.9. The Balaban J connectivity index is 1.36. The zero-order chi connectivity index (χ0) is 25.4. The van der Waals surface area contributed by atoms with Crippen LogP contribution in [0.15, 0.2) is 36.4 Å². The molecule has 0 amide bonds. The van der Waals surface area contributed by atoms with E-state index < -0.39 is 17.7 Å². The highest BCUT2D eigenvalue weighted by atomic mass is 19.4. The molecule has 1 aromatic heterocycles. The van der Waals surface area contributed by atoms with E-state index in [0.29, 0.717) is 22.8 Å². The van der Waals surface area contributed by atoms with Gasteiger partial charge in [0.05, 0.1) is 12.0 Å². The number of carboxylic acid groups (broad SMARTS) is 1. The third-order valence-electron chi connectivity index (χ3n) is 8.03. The van der Waals surface area contributed by atoms with Crippen LogP contribution in [0.4, 0.5) is 13.2 Å². The highest BCUT2D eigenvalue weighted by Gasteiger charge is 2.38. The summed E-state index contributed by atoms with van der Waals surface area (Å²) in [6.07, 6.45) is 2.05. The smallest absolute Gasteiger partial charge is 0.416 e. The number of ether oxygens (including phenoxy) is 1. The standard InChI is InChI=1S/C29H32F3NO3/c1-2-4-18-5-3-6-21(18)22-10-7-17(13-25(22)29(30,31)32)16-36-20-9-12-26-24(15-20)23-11-8-19(14-27(34)35)28(23)33-26/h7,9-10,12-13,15,18-19,21,33H,2-6,8,11,14,16H2,1H3,(H,34,35). The van der Waals surface area contributed by atoms with E-state index in [4.69, 9.17) is 4.74 Å². The number of aromatic nitrogens is 1. The Morgan fingerprint density at radius 3 is 2.72 bits per heavy atom. The van der Waals surface area contributed by atoms with E-state index in [0.717, 1.165) is 67.1 Å². The van der Waals surface area contributed by atoms with Gasteiger partial charge in [0.15, 0.2) is 0 Å². The molecule has 1 heterocycles. The molecule has 2 aromatic carbocycles. The van der Waals surface area contributed by atoms with Crippen LogP contribution in [0.3, 0.4) is 0 Å². The number of carboxylic acids is 1. The van der Waals surface area contributed by atoms with E-state index in [1.54, 1.807) is 18.2 Å². The fraction of sp³-hybridized carbons (Fsp3) is 0.483.